The average Bonchev–Trinajstić information content (AvgIpc) is 2.66. The SMILES string of the molecule is [2H]c1c([2H])c2c(c([2H])c1C[C@@H](C)NC([2H])([2H])C)OC([2H])([2H])O2. The second-order valence-electron chi connectivity index (χ2n) is 3.30. The minimum absolute atomic E-state index is 0.135. The summed E-state index contributed by atoms with van der Waals surface area (Å²) in [5, 5.41) is 2.68. The van der Waals surface area contributed by atoms with E-state index < -0.39 is 13.2 Å². The smallest absolute Gasteiger partial charge is 0.231 e. The van der Waals surface area contributed by atoms with Crippen LogP contribution in [0.15, 0.2) is 18.1 Å². The minimum atomic E-state index is -2.45. The van der Waals surface area contributed by atoms with Gasteiger partial charge in [-0.05, 0) is 37.5 Å². The van der Waals surface area contributed by atoms with E-state index in [2.05, 4.69) is 5.32 Å². The number of fused-ring (bicyclic) bond motifs is 1. The van der Waals surface area contributed by atoms with Gasteiger partial charge in [0.15, 0.2) is 11.5 Å². The first-order valence-corrected chi connectivity index (χ1v) is 4.69. The maximum absolute atomic E-state index is 8.07. The molecule has 0 amide bonds. The Hall–Kier alpha value is -1.22. The van der Waals surface area contributed by atoms with E-state index >= 15 is 0 Å². The van der Waals surface area contributed by atoms with Crippen molar-refractivity contribution in [3.05, 3.63) is 23.7 Å². The van der Waals surface area contributed by atoms with Gasteiger partial charge in [0, 0.05) is 8.78 Å². The molecule has 0 saturated carbocycles. The van der Waals surface area contributed by atoms with Crippen molar-refractivity contribution in [2.75, 3.05) is 13.2 Å². The lowest BCUT2D eigenvalue weighted by atomic mass is 10.1. The summed E-state index contributed by atoms with van der Waals surface area (Å²) >= 11 is 0. The molecule has 15 heavy (non-hydrogen) atoms. The molecule has 1 aromatic carbocycles. The van der Waals surface area contributed by atoms with Gasteiger partial charge in [0.1, 0.15) is 2.74 Å². The first-order valence-electron chi connectivity index (χ1n) is 8.19. The van der Waals surface area contributed by atoms with E-state index in [1.165, 1.54) is 6.92 Å². The minimum Gasteiger partial charge on any atom is -0.454 e. The summed E-state index contributed by atoms with van der Waals surface area (Å²) in [5.41, 5.74) is 0.189. The summed E-state index contributed by atoms with van der Waals surface area (Å²) < 4.78 is 63.4. The Morgan fingerprint density at radius 2 is 2.40 bits per heavy atom. The molecule has 0 fully saturated rings. The molecule has 3 nitrogen and oxygen atoms in total. The molecule has 1 aromatic rings. The van der Waals surface area contributed by atoms with Gasteiger partial charge in [-0.15, -0.1) is 0 Å². The molecule has 0 spiro atoms. The zero-order valence-corrected chi connectivity index (χ0v) is 8.60. The molecule has 1 aliphatic heterocycles. The molecule has 0 aliphatic carbocycles. The number of rotatable bonds is 4. The van der Waals surface area contributed by atoms with Gasteiger partial charge in [-0.3, -0.25) is 0 Å². The molecular weight excluding hydrogens is 190 g/mol. The first kappa shape index (κ1) is 4.74. The summed E-state index contributed by atoms with van der Waals surface area (Å²) in [6.45, 7) is -1.00. The molecule has 0 radical (unpaired) electrons. The zero-order chi connectivity index (χ0) is 16.9. The lowest BCUT2D eigenvalue weighted by Gasteiger charge is -2.12. The van der Waals surface area contributed by atoms with Crippen molar-refractivity contribution >= 4 is 0 Å². The van der Waals surface area contributed by atoms with Crippen LogP contribution in [-0.2, 0) is 6.42 Å². The van der Waals surface area contributed by atoms with Gasteiger partial charge >= 0.3 is 0 Å². The van der Waals surface area contributed by atoms with Crippen LogP contribution in [0.1, 0.15) is 29.0 Å². The third-order valence-electron chi connectivity index (χ3n) is 1.99. The van der Waals surface area contributed by atoms with Gasteiger partial charge in [0.2, 0.25) is 6.75 Å². The highest BCUT2D eigenvalue weighted by atomic mass is 16.7. The highest BCUT2D eigenvalue weighted by Gasteiger charge is 2.13. The van der Waals surface area contributed by atoms with Gasteiger partial charge < -0.3 is 14.8 Å². The second kappa shape index (κ2) is 4.53. The molecule has 0 bridgehead atoms. The largest absolute Gasteiger partial charge is 0.454 e. The fourth-order valence-electron chi connectivity index (χ4n) is 1.37. The van der Waals surface area contributed by atoms with E-state index in [4.69, 9.17) is 19.1 Å². The predicted octanol–water partition coefficient (Wildman–Crippen LogP) is 1.96. The predicted molar refractivity (Wildman–Crippen MR) is 59.4 cm³/mol. The van der Waals surface area contributed by atoms with Crippen molar-refractivity contribution in [1.29, 1.82) is 0 Å². The summed E-state index contributed by atoms with van der Waals surface area (Å²) in [6.07, 6.45) is 0.135. The van der Waals surface area contributed by atoms with E-state index in [-0.39, 0.29) is 47.7 Å². The van der Waals surface area contributed by atoms with Crippen molar-refractivity contribution in [2.24, 2.45) is 0 Å². The number of nitrogens with one attached hydrogen (secondary N) is 1. The summed E-state index contributed by atoms with van der Waals surface area (Å²) in [7, 11) is 0. The van der Waals surface area contributed by atoms with Crippen LogP contribution in [0.3, 0.4) is 0 Å². The summed E-state index contributed by atoms with van der Waals surface area (Å²) in [5.74, 6) is -0.428. The lowest BCUT2D eigenvalue weighted by Crippen LogP contribution is -2.27. The van der Waals surface area contributed by atoms with Crippen molar-refractivity contribution in [3.8, 4) is 11.5 Å². The normalized spacial score (nSPS) is 26.4. The number of benzene rings is 1. The number of hydrogen-bond donors (Lipinski definition) is 1. The van der Waals surface area contributed by atoms with Crippen molar-refractivity contribution in [2.45, 2.75) is 26.3 Å². The van der Waals surface area contributed by atoms with Crippen LogP contribution in [0, 0.1) is 0 Å². The monoisotopic (exact) mass is 214 g/mol. The van der Waals surface area contributed by atoms with Crippen LogP contribution in [0.4, 0.5) is 0 Å². The lowest BCUT2D eigenvalue weighted by molar-refractivity contribution is 0.174. The van der Waals surface area contributed by atoms with E-state index in [0.29, 0.717) is 0 Å². The topological polar surface area (TPSA) is 30.5 Å². The molecule has 1 N–H and O–H groups in total. The fourth-order valence-corrected chi connectivity index (χ4v) is 1.37. The Labute approximate surface area is 100 Å². The molecule has 1 aliphatic rings. The van der Waals surface area contributed by atoms with Crippen LogP contribution >= 0.6 is 0 Å². The Morgan fingerprint density at radius 3 is 3.20 bits per heavy atom. The molecular formula is C12H17NO2. The Morgan fingerprint density at radius 1 is 1.60 bits per heavy atom. The molecule has 1 atom stereocenters. The zero-order valence-electron chi connectivity index (χ0n) is 15.6. The average molecular weight is 214 g/mol. The number of ether oxygens (including phenoxy) is 2. The Balaban J connectivity index is 2.37. The standard InChI is InChI=1S/C12H17NO2/c1-3-13-9(2)6-10-4-5-11-12(7-10)15-8-14-11/h4-5,7,9,13H,3,6,8H2,1-2H3/t9-/m1/s1/i3D2,4D,5D,7D,8D2. The fraction of sp³-hybridized carbons (Fsp3) is 0.500. The highest BCUT2D eigenvalue weighted by molar-refractivity contribution is 5.44. The van der Waals surface area contributed by atoms with E-state index in [0.717, 1.165) is 0 Å². The second-order valence-corrected chi connectivity index (χ2v) is 3.30. The number of hydrogen-bond acceptors (Lipinski definition) is 3. The molecule has 0 unspecified atom stereocenters. The van der Waals surface area contributed by atoms with E-state index in [1.807, 2.05) is 0 Å². The molecule has 0 saturated heterocycles. The van der Waals surface area contributed by atoms with E-state index in [1.54, 1.807) is 6.92 Å². The Kier molecular flexibility index (Phi) is 1.43. The van der Waals surface area contributed by atoms with Crippen molar-refractivity contribution < 1.29 is 19.1 Å². The number of likely N-dealkylation sites (N-methyl/N-ethyl adjacent to an activating group) is 1. The van der Waals surface area contributed by atoms with Gasteiger partial charge in [0.25, 0.3) is 0 Å². The van der Waals surface area contributed by atoms with Crippen LogP contribution in [0.2, 0.25) is 0 Å². The third-order valence-corrected chi connectivity index (χ3v) is 1.99. The van der Waals surface area contributed by atoms with Crippen LogP contribution in [0.25, 0.3) is 0 Å². The first-order chi connectivity index (χ1) is 9.91. The van der Waals surface area contributed by atoms with Gasteiger partial charge in [0.05, 0.1) is 4.11 Å². The van der Waals surface area contributed by atoms with E-state index in [9.17, 15) is 0 Å². The molecule has 3 heteroatoms. The van der Waals surface area contributed by atoms with Crippen LogP contribution < -0.4 is 14.8 Å². The summed E-state index contributed by atoms with van der Waals surface area (Å²) in [4.78, 5) is 0. The van der Waals surface area contributed by atoms with Crippen LogP contribution in [-0.4, -0.2) is 19.3 Å². The Bertz CT molecular complexity index is 600. The maximum Gasteiger partial charge on any atom is 0.231 e. The molecule has 2 rings (SSSR count). The molecule has 0 aromatic heterocycles. The summed E-state index contributed by atoms with van der Waals surface area (Å²) in [6, 6.07) is -1.17. The maximum atomic E-state index is 8.07. The van der Waals surface area contributed by atoms with Crippen molar-refractivity contribution in [1.82, 2.24) is 5.32 Å². The molecule has 1 heterocycles. The third kappa shape index (κ3) is 2.42. The quantitative estimate of drug-likeness (QED) is 0.831. The van der Waals surface area contributed by atoms with Gasteiger partial charge in [-0.2, -0.15) is 0 Å². The van der Waals surface area contributed by atoms with Gasteiger partial charge in [-0.25, -0.2) is 0 Å². The highest BCUT2D eigenvalue weighted by Crippen LogP contribution is 2.32. The molecule has 82 valence electrons. The van der Waals surface area contributed by atoms with Crippen molar-refractivity contribution in [3.63, 3.8) is 0 Å². The van der Waals surface area contributed by atoms with Crippen LogP contribution in [0.5, 0.6) is 11.5 Å². The van der Waals surface area contributed by atoms with Gasteiger partial charge in [-0.1, -0.05) is 13.0 Å².